The quantitative estimate of drug-likeness (QED) is 0.593. The van der Waals surface area contributed by atoms with E-state index in [1.165, 1.54) is 61.1 Å². The Bertz CT molecular complexity index is 1040. The number of aromatic hydroxyl groups is 2. The number of phenols is 2. The molecule has 0 saturated carbocycles. The van der Waals surface area contributed by atoms with E-state index in [0.717, 1.165) is 0 Å². The molecule has 26 heavy (non-hydrogen) atoms. The first-order valence-electron chi connectivity index (χ1n) is 7.40. The van der Waals surface area contributed by atoms with Gasteiger partial charge >= 0.3 is 0 Å². The standard InChI is InChI=1S/C17H14N4O4S/c22-14-5-2-12(16(23)10-14)11-20-13-3-6-15(7-4-13)26(24,25)21-17-18-8-1-9-19-17/h1-11,22-23H,(H,18,19,21). The molecule has 0 bridgehead atoms. The molecule has 0 aliphatic carbocycles. The lowest BCUT2D eigenvalue weighted by atomic mass is 10.2. The average molecular weight is 370 g/mol. The van der Waals surface area contributed by atoms with E-state index < -0.39 is 10.0 Å². The summed E-state index contributed by atoms with van der Waals surface area (Å²) in [6, 6.07) is 11.6. The van der Waals surface area contributed by atoms with E-state index in [9.17, 15) is 18.6 Å². The largest absolute Gasteiger partial charge is 0.508 e. The number of rotatable bonds is 5. The molecule has 0 spiro atoms. The highest BCUT2D eigenvalue weighted by atomic mass is 32.2. The molecular formula is C17H14N4O4S. The van der Waals surface area contributed by atoms with Crippen molar-refractivity contribution in [3.8, 4) is 11.5 Å². The number of nitrogens with zero attached hydrogens (tertiary/aromatic N) is 3. The van der Waals surface area contributed by atoms with Gasteiger partial charge in [-0.2, -0.15) is 0 Å². The smallest absolute Gasteiger partial charge is 0.264 e. The van der Waals surface area contributed by atoms with Gasteiger partial charge in [0.2, 0.25) is 5.95 Å². The van der Waals surface area contributed by atoms with Crippen LogP contribution in [0.3, 0.4) is 0 Å². The second-order valence-electron chi connectivity index (χ2n) is 5.17. The van der Waals surface area contributed by atoms with Crippen LogP contribution in [0.15, 0.2) is 70.8 Å². The molecule has 3 aromatic rings. The van der Waals surface area contributed by atoms with Crippen LogP contribution < -0.4 is 4.72 Å². The maximum atomic E-state index is 12.3. The topological polar surface area (TPSA) is 125 Å². The molecule has 0 radical (unpaired) electrons. The monoisotopic (exact) mass is 370 g/mol. The fraction of sp³-hybridized carbons (Fsp3) is 0. The molecule has 0 atom stereocenters. The Morgan fingerprint density at radius 2 is 1.69 bits per heavy atom. The summed E-state index contributed by atoms with van der Waals surface area (Å²) in [5.74, 6) is -0.179. The molecule has 3 N–H and O–H groups in total. The van der Waals surface area contributed by atoms with E-state index in [1.807, 2.05) is 0 Å². The normalized spacial score (nSPS) is 11.5. The van der Waals surface area contributed by atoms with Gasteiger partial charge in [-0.25, -0.2) is 23.1 Å². The fourth-order valence-corrected chi connectivity index (χ4v) is 2.99. The van der Waals surface area contributed by atoms with Gasteiger partial charge in [0, 0.05) is 30.2 Å². The number of anilines is 1. The van der Waals surface area contributed by atoms with Gasteiger partial charge in [-0.1, -0.05) is 0 Å². The molecule has 132 valence electrons. The van der Waals surface area contributed by atoms with E-state index in [0.29, 0.717) is 11.3 Å². The predicted octanol–water partition coefficient (Wildman–Crippen LogP) is 2.44. The van der Waals surface area contributed by atoms with Gasteiger partial charge in [-0.3, -0.25) is 4.99 Å². The lowest BCUT2D eigenvalue weighted by Crippen LogP contribution is -2.14. The van der Waals surface area contributed by atoms with E-state index >= 15 is 0 Å². The molecule has 0 aliphatic heterocycles. The summed E-state index contributed by atoms with van der Waals surface area (Å²) < 4.78 is 26.8. The molecule has 8 nitrogen and oxygen atoms in total. The number of nitrogens with one attached hydrogen (secondary N) is 1. The first-order valence-corrected chi connectivity index (χ1v) is 8.88. The number of aliphatic imine (C=N–C) groups is 1. The van der Waals surface area contributed by atoms with Crippen molar-refractivity contribution in [3.05, 3.63) is 66.5 Å². The third-order valence-corrected chi connectivity index (χ3v) is 4.65. The third-order valence-electron chi connectivity index (χ3n) is 3.31. The van der Waals surface area contributed by atoms with Crippen LogP contribution >= 0.6 is 0 Å². The van der Waals surface area contributed by atoms with Crippen LogP contribution in [-0.4, -0.2) is 34.8 Å². The Labute approximate surface area is 149 Å². The van der Waals surface area contributed by atoms with Crippen molar-refractivity contribution in [2.45, 2.75) is 4.90 Å². The van der Waals surface area contributed by atoms with Crippen molar-refractivity contribution in [2.75, 3.05) is 4.72 Å². The van der Waals surface area contributed by atoms with Gasteiger partial charge in [-0.05, 0) is 42.5 Å². The van der Waals surface area contributed by atoms with Crippen molar-refractivity contribution in [1.29, 1.82) is 0 Å². The molecule has 2 aromatic carbocycles. The second kappa shape index (κ2) is 7.19. The van der Waals surface area contributed by atoms with Gasteiger partial charge in [0.05, 0.1) is 10.6 Å². The Hall–Kier alpha value is -3.46. The van der Waals surface area contributed by atoms with E-state index in [1.54, 1.807) is 6.07 Å². The zero-order valence-electron chi connectivity index (χ0n) is 13.3. The van der Waals surface area contributed by atoms with Gasteiger partial charge < -0.3 is 10.2 Å². The van der Waals surface area contributed by atoms with Crippen molar-refractivity contribution in [3.63, 3.8) is 0 Å². The van der Waals surface area contributed by atoms with Gasteiger partial charge in [0.1, 0.15) is 11.5 Å². The fourth-order valence-electron chi connectivity index (χ4n) is 2.03. The molecule has 0 aliphatic rings. The number of sulfonamides is 1. The van der Waals surface area contributed by atoms with Crippen molar-refractivity contribution < 1.29 is 18.6 Å². The van der Waals surface area contributed by atoms with Gasteiger partial charge in [0.25, 0.3) is 10.0 Å². The lowest BCUT2D eigenvalue weighted by Gasteiger charge is -2.06. The van der Waals surface area contributed by atoms with Crippen LogP contribution in [0.2, 0.25) is 0 Å². The van der Waals surface area contributed by atoms with Crippen molar-refractivity contribution in [1.82, 2.24) is 9.97 Å². The van der Waals surface area contributed by atoms with Gasteiger partial charge in [0.15, 0.2) is 0 Å². The maximum Gasteiger partial charge on any atom is 0.264 e. The molecule has 0 saturated heterocycles. The van der Waals surface area contributed by atoms with Crippen molar-refractivity contribution in [2.24, 2.45) is 4.99 Å². The highest BCUT2D eigenvalue weighted by Crippen LogP contribution is 2.22. The summed E-state index contributed by atoms with van der Waals surface area (Å²) in [6.07, 6.45) is 4.27. The molecule has 0 unspecified atom stereocenters. The Balaban J connectivity index is 1.76. The first-order chi connectivity index (χ1) is 12.4. The Morgan fingerprint density at radius 1 is 1.00 bits per heavy atom. The van der Waals surface area contributed by atoms with Crippen LogP contribution in [0.5, 0.6) is 11.5 Å². The zero-order valence-corrected chi connectivity index (χ0v) is 14.1. The Kier molecular flexibility index (Phi) is 4.81. The lowest BCUT2D eigenvalue weighted by molar-refractivity contribution is 0.450. The summed E-state index contributed by atoms with van der Waals surface area (Å²) in [5.41, 5.74) is 0.912. The highest BCUT2D eigenvalue weighted by Gasteiger charge is 2.15. The van der Waals surface area contributed by atoms with Crippen LogP contribution in [0, 0.1) is 0 Å². The average Bonchev–Trinajstić information content (AvgIpc) is 2.62. The molecule has 0 amide bonds. The van der Waals surface area contributed by atoms with E-state index in [4.69, 9.17) is 0 Å². The first kappa shape index (κ1) is 17.4. The molecule has 1 heterocycles. The van der Waals surface area contributed by atoms with Crippen LogP contribution in [0.25, 0.3) is 0 Å². The summed E-state index contributed by atoms with van der Waals surface area (Å²) in [4.78, 5) is 11.8. The number of aromatic nitrogens is 2. The summed E-state index contributed by atoms with van der Waals surface area (Å²) >= 11 is 0. The summed E-state index contributed by atoms with van der Waals surface area (Å²) in [5, 5.41) is 19.0. The SMILES string of the molecule is O=S(=O)(Nc1ncccn1)c1ccc(N=Cc2ccc(O)cc2O)cc1. The predicted molar refractivity (Wildman–Crippen MR) is 96.3 cm³/mol. The Morgan fingerprint density at radius 3 is 2.35 bits per heavy atom. The number of benzene rings is 2. The van der Waals surface area contributed by atoms with Crippen LogP contribution in [0.4, 0.5) is 11.6 Å². The second-order valence-corrected chi connectivity index (χ2v) is 6.86. The van der Waals surface area contributed by atoms with Crippen LogP contribution in [-0.2, 0) is 10.0 Å². The highest BCUT2D eigenvalue weighted by molar-refractivity contribution is 7.92. The molecular weight excluding hydrogens is 356 g/mol. The van der Waals surface area contributed by atoms with E-state index in [2.05, 4.69) is 19.7 Å². The van der Waals surface area contributed by atoms with Crippen molar-refractivity contribution >= 4 is 27.9 Å². The van der Waals surface area contributed by atoms with Crippen LogP contribution in [0.1, 0.15) is 5.56 Å². The molecule has 1 aromatic heterocycles. The minimum Gasteiger partial charge on any atom is -0.508 e. The van der Waals surface area contributed by atoms with E-state index in [-0.39, 0.29) is 22.3 Å². The summed E-state index contributed by atoms with van der Waals surface area (Å²) in [6.45, 7) is 0. The molecule has 9 heteroatoms. The maximum absolute atomic E-state index is 12.3. The number of hydrogen-bond acceptors (Lipinski definition) is 7. The number of phenolic OH excluding ortho intramolecular Hbond substituents is 2. The molecule has 0 fully saturated rings. The van der Waals surface area contributed by atoms with Gasteiger partial charge in [-0.15, -0.1) is 0 Å². The number of hydrogen-bond donors (Lipinski definition) is 3. The minimum absolute atomic E-state index is 0.0163. The molecule has 3 rings (SSSR count). The third kappa shape index (κ3) is 4.14. The zero-order chi connectivity index (χ0) is 18.6. The summed E-state index contributed by atoms with van der Waals surface area (Å²) in [7, 11) is -3.80. The minimum atomic E-state index is -3.80.